The van der Waals surface area contributed by atoms with Crippen LogP contribution >= 0.6 is 0 Å². The maximum atomic E-state index is 12.0. The molecule has 3 N–H and O–H groups in total. The van der Waals surface area contributed by atoms with Crippen LogP contribution in [0.25, 0.3) is 0 Å². The number of aromatic nitrogens is 5. The van der Waals surface area contributed by atoms with Crippen LogP contribution in [0.2, 0.25) is 0 Å². The summed E-state index contributed by atoms with van der Waals surface area (Å²) in [6.07, 6.45) is 5.22. The lowest BCUT2D eigenvalue weighted by molar-refractivity contribution is 0.577. The van der Waals surface area contributed by atoms with E-state index in [-0.39, 0.29) is 4.90 Å². The molecule has 0 aliphatic rings. The molecule has 0 unspecified atom stereocenters. The van der Waals surface area contributed by atoms with E-state index in [0.717, 1.165) is 5.82 Å². The Kier molecular flexibility index (Phi) is 5.17. The second kappa shape index (κ2) is 7.09. The summed E-state index contributed by atoms with van der Waals surface area (Å²) in [5.74, 6) is 1.13. The molecule has 21 heavy (non-hydrogen) atoms. The zero-order chi connectivity index (χ0) is 15.1. The van der Waals surface area contributed by atoms with Crippen molar-refractivity contribution < 1.29 is 8.42 Å². The fraction of sp³-hybridized carbons (Fsp3) is 0.455. The molecule has 0 radical (unpaired) electrons. The molecule has 2 aromatic heterocycles. The summed E-state index contributed by atoms with van der Waals surface area (Å²) in [6.45, 7) is 2.88. The van der Waals surface area contributed by atoms with E-state index in [4.69, 9.17) is 0 Å². The van der Waals surface area contributed by atoms with Crippen LogP contribution in [0.15, 0.2) is 23.6 Å². The smallest absolute Gasteiger partial charge is 0.243 e. The van der Waals surface area contributed by atoms with Crippen LogP contribution in [0, 0.1) is 0 Å². The molecule has 2 aromatic rings. The predicted molar refractivity (Wildman–Crippen MR) is 76.1 cm³/mol. The van der Waals surface area contributed by atoms with E-state index >= 15 is 0 Å². The first-order valence-corrected chi connectivity index (χ1v) is 8.00. The second-order valence-electron chi connectivity index (χ2n) is 4.21. The van der Waals surface area contributed by atoms with Crippen LogP contribution in [-0.4, -0.2) is 46.7 Å². The molecule has 114 valence electrons. The Balaban J connectivity index is 1.85. The summed E-state index contributed by atoms with van der Waals surface area (Å²) < 4.78 is 26.5. The molecule has 0 fully saturated rings. The van der Waals surface area contributed by atoms with Gasteiger partial charge in [-0.25, -0.2) is 28.1 Å². The molecule has 0 atom stereocenters. The molecule has 2 heterocycles. The first-order valence-electron chi connectivity index (χ1n) is 6.51. The number of hydrogen-bond acceptors (Lipinski definition) is 7. The Labute approximate surface area is 122 Å². The van der Waals surface area contributed by atoms with Gasteiger partial charge in [0.05, 0.1) is 12.4 Å². The van der Waals surface area contributed by atoms with Gasteiger partial charge >= 0.3 is 0 Å². The van der Waals surface area contributed by atoms with Crippen molar-refractivity contribution in [2.45, 2.75) is 24.7 Å². The predicted octanol–water partition coefficient (Wildman–Crippen LogP) is -0.0624. The lowest BCUT2D eigenvalue weighted by atomic mass is 10.3. The van der Waals surface area contributed by atoms with Gasteiger partial charge in [-0.1, -0.05) is 0 Å². The van der Waals surface area contributed by atoms with Gasteiger partial charge in [0, 0.05) is 19.5 Å². The van der Waals surface area contributed by atoms with E-state index in [0.29, 0.717) is 31.9 Å². The number of anilines is 1. The Bertz CT molecular complexity index is 640. The van der Waals surface area contributed by atoms with Gasteiger partial charge in [0.25, 0.3) is 0 Å². The van der Waals surface area contributed by atoms with Crippen LogP contribution in [0.3, 0.4) is 0 Å². The minimum atomic E-state index is -3.58. The van der Waals surface area contributed by atoms with Crippen molar-refractivity contribution in [2.75, 3.05) is 18.4 Å². The summed E-state index contributed by atoms with van der Waals surface area (Å²) in [4.78, 5) is 11.9. The number of aryl methyl sites for hydroxylation is 1. The molecule has 2 rings (SSSR count). The largest absolute Gasteiger partial charge is 0.355 e. The molecular formula is C11H17N7O2S. The first kappa shape index (κ1) is 15.3. The van der Waals surface area contributed by atoms with Gasteiger partial charge in [0.15, 0.2) is 0 Å². The monoisotopic (exact) mass is 311 g/mol. The lowest BCUT2D eigenvalue weighted by Gasteiger charge is -2.06. The van der Waals surface area contributed by atoms with E-state index in [1.807, 2.05) is 6.92 Å². The Morgan fingerprint density at radius 2 is 2.00 bits per heavy atom. The highest BCUT2D eigenvalue weighted by Gasteiger charge is 2.14. The van der Waals surface area contributed by atoms with Crippen LogP contribution in [-0.2, 0) is 16.4 Å². The molecule has 0 saturated heterocycles. The first-order chi connectivity index (χ1) is 10.1. The highest BCUT2D eigenvalue weighted by atomic mass is 32.2. The summed E-state index contributed by atoms with van der Waals surface area (Å²) in [6, 6.07) is 0. The number of hydrogen-bond donors (Lipinski definition) is 3. The third kappa shape index (κ3) is 4.46. The van der Waals surface area contributed by atoms with Crippen molar-refractivity contribution in [3.8, 4) is 0 Å². The summed E-state index contributed by atoms with van der Waals surface area (Å²) in [5.41, 5.74) is 0. The molecule has 0 bridgehead atoms. The summed E-state index contributed by atoms with van der Waals surface area (Å²) in [5, 5.41) is 9.34. The molecule has 0 amide bonds. The van der Waals surface area contributed by atoms with Crippen molar-refractivity contribution in [3.63, 3.8) is 0 Å². The van der Waals surface area contributed by atoms with Gasteiger partial charge in [-0.15, -0.1) is 0 Å². The van der Waals surface area contributed by atoms with Crippen molar-refractivity contribution in [1.82, 2.24) is 29.9 Å². The van der Waals surface area contributed by atoms with Crippen molar-refractivity contribution in [3.05, 3.63) is 24.5 Å². The van der Waals surface area contributed by atoms with Gasteiger partial charge in [-0.3, -0.25) is 5.10 Å². The van der Waals surface area contributed by atoms with Crippen molar-refractivity contribution >= 4 is 16.0 Å². The molecular weight excluding hydrogens is 294 g/mol. The van der Waals surface area contributed by atoms with E-state index < -0.39 is 10.0 Å². The van der Waals surface area contributed by atoms with Crippen LogP contribution in [0.1, 0.15) is 19.2 Å². The van der Waals surface area contributed by atoms with Crippen LogP contribution in [0.4, 0.5) is 5.95 Å². The third-order valence-corrected chi connectivity index (χ3v) is 4.04. The average molecular weight is 311 g/mol. The minimum Gasteiger partial charge on any atom is -0.355 e. The van der Waals surface area contributed by atoms with Crippen LogP contribution < -0.4 is 10.0 Å². The van der Waals surface area contributed by atoms with Crippen molar-refractivity contribution in [1.29, 1.82) is 0 Å². The minimum absolute atomic E-state index is 0.0452. The molecule has 0 aliphatic heterocycles. The van der Waals surface area contributed by atoms with E-state index in [1.54, 1.807) is 0 Å². The highest BCUT2D eigenvalue weighted by molar-refractivity contribution is 7.89. The Morgan fingerprint density at radius 3 is 2.62 bits per heavy atom. The molecule has 0 aromatic carbocycles. The molecule has 0 aliphatic carbocycles. The molecule has 0 saturated carbocycles. The normalized spacial score (nSPS) is 11.5. The van der Waals surface area contributed by atoms with Crippen molar-refractivity contribution in [2.24, 2.45) is 0 Å². The number of rotatable bonds is 8. The second-order valence-corrected chi connectivity index (χ2v) is 5.97. The summed E-state index contributed by atoms with van der Waals surface area (Å²) >= 11 is 0. The maximum Gasteiger partial charge on any atom is 0.243 e. The Morgan fingerprint density at radius 1 is 1.24 bits per heavy atom. The fourth-order valence-corrected chi connectivity index (χ4v) is 2.56. The Hall–Kier alpha value is -2.07. The molecule has 9 nitrogen and oxygen atoms in total. The van der Waals surface area contributed by atoms with Crippen LogP contribution in [0.5, 0.6) is 0 Å². The zero-order valence-corrected chi connectivity index (χ0v) is 12.4. The molecule has 10 heteroatoms. The zero-order valence-electron chi connectivity index (χ0n) is 11.6. The average Bonchev–Trinajstić information content (AvgIpc) is 2.98. The standard InChI is InChI=1S/C11H17N7O2S/c1-2-12-11-13-6-9(7-14-11)21(19,20)17-5-3-4-10-15-8-16-18-10/h6-8,17H,2-5H2,1H3,(H,12,13,14)(H,15,16,18). The lowest BCUT2D eigenvalue weighted by Crippen LogP contribution is -2.25. The number of nitrogens with one attached hydrogen (secondary N) is 3. The van der Waals surface area contributed by atoms with Gasteiger partial charge in [-0.2, -0.15) is 5.10 Å². The van der Waals surface area contributed by atoms with Gasteiger partial charge in [0.1, 0.15) is 17.0 Å². The molecule has 0 spiro atoms. The van der Waals surface area contributed by atoms with Gasteiger partial charge in [0.2, 0.25) is 16.0 Å². The topological polar surface area (TPSA) is 126 Å². The number of sulfonamides is 1. The van der Waals surface area contributed by atoms with E-state index in [2.05, 4.69) is 35.2 Å². The van der Waals surface area contributed by atoms with E-state index in [1.165, 1.54) is 18.7 Å². The fourth-order valence-electron chi connectivity index (χ4n) is 1.60. The quantitative estimate of drug-likeness (QED) is 0.583. The van der Waals surface area contributed by atoms with E-state index in [9.17, 15) is 8.42 Å². The number of nitrogens with zero attached hydrogens (tertiary/aromatic N) is 4. The number of H-pyrrole nitrogens is 1. The maximum absolute atomic E-state index is 12.0. The SMILES string of the molecule is CCNc1ncc(S(=O)(=O)NCCCc2ncn[nH]2)cn1. The summed E-state index contributed by atoms with van der Waals surface area (Å²) in [7, 11) is -3.58. The highest BCUT2D eigenvalue weighted by Crippen LogP contribution is 2.07. The number of aromatic amines is 1. The third-order valence-electron chi connectivity index (χ3n) is 2.62. The van der Waals surface area contributed by atoms with Gasteiger partial charge < -0.3 is 5.32 Å². The van der Waals surface area contributed by atoms with Gasteiger partial charge in [-0.05, 0) is 13.3 Å².